The first-order valence-corrected chi connectivity index (χ1v) is 9.09. The minimum absolute atomic E-state index is 0.168. The Balaban J connectivity index is 1.82. The molecule has 1 fully saturated rings. The number of hydrogen-bond donors (Lipinski definition) is 3. The third-order valence-electron chi connectivity index (χ3n) is 4.94. The van der Waals surface area contributed by atoms with Crippen molar-refractivity contribution in [2.45, 2.75) is 6.92 Å². The van der Waals surface area contributed by atoms with Crippen molar-refractivity contribution < 1.29 is 9.90 Å². The topological polar surface area (TPSA) is 112 Å². The third-order valence-corrected chi connectivity index (χ3v) is 4.94. The second kappa shape index (κ2) is 8.28. The monoisotopic (exact) mass is 382 g/mol. The first-order chi connectivity index (χ1) is 13.3. The SMILES string of the molecule is Cc1ccc(C(=O)O)cc1N(N)/C=C(\N)c1cncc(N2CCN(C)CC2)c1. The number of benzene rings is 1. The zero-order valence-electron chi connectivity index (χ0n) is 16.2. The van der Waals surface area contributed by atoms with Gasteiger partial charge in [0.1, 0.15) is 0 Å². The normalized spacial score (nSPS) is 15.5. The van der Waals surface area contributed by atoms with E-state index < -0.39 is 5.97 Å². The number of likely N-dealkylation sites (N-methyl/N-ethyl adjacent to an activating group) is 1. The molecule has 1 aromatic heterocycles. The van der Waals surface area contributed by atoms with Crippen molar-refractivity contribution in [1.82, 2.24) is 9.88 Å². The number of aromatic nitrogens is 1. The second-order valence-electron chi connectivity index (χ2n) is 7.02. The van der Waals surface area contributed by atoms with Crippen molar-refractivity contribution in [2.24, 2.45) is 11.6 Å². The summed E-state index contributed by atoms with van der Waals surface area (Å²) < 4.78 is 0. The molecule has 0 radical (unpaired) electrons. The number of aromatic carboxylic acids is 1. The summed E-state index contributed by atoms with van der Waals surface area (Å²) in [5.74, 6) is 5.14. The minimum atomic E-state index is -1.00. The van der Waals surface area contributed by atoms with Crippen LogP contribution in [0.3, 0.4) is 0 Å². The second-order valence-corrected chi connectivity index (χ2v) is 7.02. The first-order valence-electron chi connectivity index (χ1n) is 9.09. The van der Waals surface area contributed by atoms with Crippen LogP contribution in [0.5, 0.6) is 0 Å². The van der Waals surface area contributed by atoms with Crippen molar-refractivity contribution in [3.8, 4) is 0 Å². The maximum absolute atomic E-state index is 11.2. The van der Waals surface area contributed by atoms with E-state index in [4.69, 9.17) is 11.6 Å². The van der Waals surface area contributed by atoms with E-state index >= 15 is 0 Å². The molecule has 148 valence electrons. The van der Waals surface area contributed by atoms with Gasteiger partial charge in [0.25, 0.3) is 0 Å². The molecular weight excluding hydrogens is 356 g/mol. The Labute approximate surface area is 164 Å². The molecule has 28 heavy (non-hydrogen) atoms. The summed E-state index contributed by atoms with van der Waals surface area (Å²) in [6, 6.07) is 6.79. The van der Waals surface area contributed by atoms with Crippen molar-refractivity contribution in [3.05, 3.63) is 59.5 Å². The number of carbonyl (C=O) groups is 1. The number of hydrogen-bond acceptors (Lipinski definition) is 7. The summed E-state index contributed by atoms with van der Waals surface area (Å²) >= 11 is 0. The van der Waals surface area contributed by atoms with Gasteiger partial charge in [-0.2, -0.15) is 0 Å². The molecule has 3 rings (SSSR count). The van der Waals surface area contributed by atoms with Crippen LogP contribution in [0.1, 0.15) is 21.5 Å². The molecule has 8 heteroatoms. The number of carboxylic acid groups (broad SMARTS) is 1. The lowest BCUT2D eigenvalue weighted by Gasteiger charge is -2.34. The van der Waals surface area contributed by atoms with Crippen LogP contribution >= 0.6 is 0 Å². The lowest BCUT2D eigenvalue weighted by Crippen LogP contribution is -2.44. The molecule has 1 aromatic carbocycles. The van der Waals surface area contributed by atoms with Crippen molar-refractivity contribution in [1.29, 1.82) is 0 Å². The van der Waals surface area contributed by atoms with Crippen LogP contribution in [0, 0.1) is 6.92 Å². The zero-order chi connectivity index (χ0) is 20.3. The number of rotatable bonds is 5. The number of pyridine rings is 1. The highest BCUT2D eigenvalue weighted by Crippen LogP contribution is 2.23. The van der Waals surface area contributed by atoms with E-state index in [1.54, 1.807) is 24.5 Å². The van der Waals surface area contributed by atoms with E-state index in [2.05, 4.69) is 21.8 Å². The number of piperazine rings is 1. The van der Waals surface area contributed by atoms with E-state index in [9.17, 15) is 9.90 Å². The van der Waals surface area contributed by atoms with Gasteiger partial charge in [-0.1, -0.05) is 6.07 Å². The standard InChI is InChI=1S/C20H26N6O2/c1-14-3-4-15(20(27)28)10-19(14)26(22)13-18(21)16-9-17(12-23-11-16)25-7-5-24(2)6-8-25/h3-4,9-13H,5-8,21-22H2,1-2H3,(H,27,28)/b18-13-. The predicted molar refractivity (Wildman–Crippen MR) is 111 cm³/mol. The molecule has 5 N–H and O–H groups in total. The number of anilines is 2. The van der Waals surface area contributed by atoms with Gasteiger partial charge < -0.3 is 20.6 Å². The van der Waals surface area contributed by atoms with Crippen LogP contribution in [0.15, 0.2) is 42.9 Å². The molecular formula is C20H26N6O2. The highest BCUT2D eigenvalue weighted by atomic mass is 16.4. The van der Waals surface area contributed by atoms with Crippen molar-refractivity contribution in [2.75, 3.05) is 43.1 Å². The molecule has 2 heterocycles. The molecule has 0 unspecified atom stereocenters. The van der Waals surface area contributed by atoms with Gasteiger partial charge in [-0.3, -0.25) is 9.99 Å². The van der Waals surface area contributed by atoms with E-state index in [0.29, 0.717) is 11.4 Å². The van der Waals surface area contributed by atoms with Crippen LogP contribution in [0.4, 0.5) is 11.4 Å². The van der Waals surface area contributed by atoms with Gasteiger partial charge in [-0.05, 0) is 37.7 Å². The van der Waals surface area contributed by atoms with Crippen LogP contribution in [0.25, 0.3) is 5.70 Å². The average Bonchev–Trinajstić information content (AvgIpc) is 2.68. The van der Waals surface area contributed by atoms with Crippen molar-refractivity contribution in [3.63, 3.8) is 0 Å². The van der Waals surface area contributed by atoms with E-state index in [-0.39, 0.29) is 5.56 Å². The van der Waals surface area contributed by atoms with Crippen LogP contribution < -0.4 is 21.5 Å². The smallest absolute Gasteiger partial charge is 0.335 e. The average molecular weight is 382 g/mol. The predicted octanol–water partition coefficient (Wildman–Crippen LogP) is 1.48. The lowest BCUT2D eigenvalue weighted by atomic mass is 10.1. The molecule has 8 nitrogen and oxygen atoms in total. The largest absolute Gasteiger partial charge is 0.478 e. The molecule has 0 saturated carbocycles. The summed E-state index contributed by atoms with van der Waals surface area (Å²) in [5, 5.41) is 10.5. The molecule has 1 aliphatic heterocycles. The van der Waals surface area contributed by atoms with Gasteiger partial charge in [0, 0.05) is 44.1 Å². The van der Waals surface area contributed by atoms with Gasteiger partial charge in [-0.25, -0.2) is 10.6 Å². The van der Waals surface area contributed by atoms with Gasteiger partial charge in [0.2, 0.25) is 0 Å². The number of nitrogens with zero attached hydrogens (tertiary/aromatic N) is 4. The van der Waals surface area contributed by atoms with Gasteiger partial charge in [-0.15, -0.1) is 0 Å². The highest BCUT2D eigenvalue weighted by Gasteiger charge is 2.15. The van der Waals surface area contributed by atoms with E-state index in [0.717, 1.165) is 43.0 Å². The van der Waals surface area contributed by atoms with Crippen molar-refractivity contribution >= 4 is 23.0 Å². The summed E-state index contributed by atoms with van der Waals surface area (Å²) in [6.07, 6.45) is 5.11. The Hall–Kier alpha value is -3.10. The summed E-state index contributed by atoms with van der Waals surface area (Å²) in [7, 11) is 2.11. The van der Waals surface area contributed by atoms with E-state index in [1.807, 2.05) is 19.2 Å². The Bertz CT molecular complexity index is 890. The number of hydrazine groups is 1. The number of nitrogens with two attached hydrogens (primary N) is 2. The molecule has 0 spiro atoms. The molecule has 0 bridgehead atoms. The fourth-order valence-corrected chi connectivity index (χ4v) is 3.14. The number of carboxylic acids is 1. The van der Waals surface area contributed by atoms with Crippen LogP contribution in [0.2, 0.25) is 0 Å². The Morgan fingerprint density at radius 3 is 2.57 bits per heavy atom. The quantitative estimate of drug-likeness (QED) is 0.527. The van der Waals surface area contributed by atoms with Crippen LogP contribution in [-0.2, 0) is 0 Å². The Morgan fingerprint density at radius 1 is 1.18 bits per heavy atom. The zero-order valence-corrected chi connectivity index (χ0v) is 16.2. The fraction of sp³-hybridized carbons (Fsp3) is 0.300. The lowest BCUT2D eigenvalue weighted by molar-refractivity contribution is 0.0697. The Kier molecular flexibility index (Phi) is 5.81. The molecule has 2 aromatic rings. The maximum atomic E-state index is 11.2. The Morgan fingerprint density at radius 2 is 1.89 bits per heavy atom. The van der Waals surface area contributed by atoms with E-state index in [1.165, 1.54) is 11.1 Å². The first kappa shape index (κ1) is 19.7. The van der Waals surface area contributed by atoms with Gasteiger partial charge in [0.15, 0.2) is 0 Å². The third kappa shape index (κ3) is 4.41. The highest BCUT2D eigenvalue weighted by molar-refractivity contribution is 5.89. The summed E-state index contributed by atoms with van der Waals surface area (Å²) in [4.78, 5) is 20.1. The molecule has 0 atom stereocenters. The molecule has 1 aliphatic rings. The molecule has 0 aliphatic carbocycles. The molecule has 1 saturated heterocycles. The van der Waals surface area contributed by atoms with Gasteiger partial charge >= 0.3 is 5.97 Å². The van der Waals surface area contributed by atoms with Crippen LogP contribution in [-0.4, -0.2) is 54.2 Å². The minimum Gasteiger partial charge on any atom is -0.478 e. The number of aryl methyl sites for hydroxylation is 1. The molecule has 0 amide bonds. The summed E-state index contributed by atoms with van der Waals surface area (Å²) in [5.41, 5.74) is 10.1. The fourth-order valence-electron chi connectivity index (χ4n) is 3.14. The summed E-state index contributed by atoms with van der Waals surface area (Å²) in [6.45, 7) is 5.75. The maximum Gasteiger partial charge on any atom is 0.335 e. The van der Waals surface area contributed by atoms with Gasteiger partial charge in [0.05, 0.1) is 28.8 Å².